The number of carboxylic acid groups (broad SMARTS) is 1. The molecule has 3 aliphatic rings. The number of rotatable bonds is 12. The van der Waals surface area contributed by atoms with Crippen LogP contribution in [-0.2, 0) is 29.0 Å². The van der Waals surface area contributed by atoms with Crippen molar-refractivity contribution in [1.29, 1.82) is 0 Å². The number of nitrogens with one attached hydrogen (secondary N) is 2. The number of amides is 1. The number of hydrogen-bond donors (Lipinski definition) is 4. The molecule has 266 valence electrons. The molecule has 2 aromatic carbocycles. The summed E-state index contributed by atoms with van der Waals surface area (Å²) in [6.45, 7) is 6.51. The van der Waals surface area contributed by atoms with E-state index < -0.39 is 35.3 Å². The van der Waals surface area contributed by atoms with Gasteiger partial charge in [-0.3, -0.25) is 9.59 Å². The minimum atomic E-state index is -1.32. The summed E-state index contributed by atoms with van der Waals surface area (Å²) in [6.07, 6.45) is 5.74. The zero-order valence-corrected chi connectivity index (χ0v) is 30.0. The number of carboxylic acids is 1. The molecular weight excluding hydrogens is 669 g/mol. The lowest BCUT2D eigenvalue weighted by atomic mass is 9.80. The van der Waals surface area contributed by atoms with E-state index in [9.17, 15) is 23.5 Å². The first kappa shape index (κ1) is 37.2. The van der Waals surface area contributed by atoms with Gasteiger partial charge in [-0.25, -0.2) is 13.8 Å². The highest BCUT2D eigenvalue weighted by Crippen LogP contribution is 2.41. The van der Waals surface area contributed by atoms with Crippen LogP contribution in [0.1, 0.15) is 54.7 Å². The number of fused-ring (bicyclic) bond motifs is 1. The zero-order valence-electron chi connectivity index (χ0n) is 28.3. The van der Waals surface area contributed by atoms with E-state index in [1.165, 1.54) is 63.2 Å². The summed E-state index contributed by atoms with van der Waals surface area (Å²) in [5.74, 6) is -2.93. The smallest absolute Gasteiger partial charge is 0.304 e. The van der Waals surface area contributed by atoms with Gasteiger partial charge in [-0.05, 0) is 127 Å². The van der Waals surface area contributed by atoms with E-state index in [1.807, 2.05) is 23.6 Å². The van der Waals surface area contributed by atoms with Crippen LogP contribution < -0.4 is 15.4 Å². The third kappa shape index (κ3) is 10.0. The van der Waals surface area contributed by atoms with Crippen molar-refractivity contribution >= 4 is 35.8 Å². The van der Waals surface area contributed by atoms with Gasteiger partial charge in [-0.15, -0.1) is 24.0 Å². The minimum Gasteiger partial charge on any atom is -0.492 e. The van der Waals surface area contributed by atoms with Gasteiger partial charge in [0.05, 0.1) is 30.7 Å². The first-order valence-corrected chi connectivity index (χ1v) is 18.3. The fraction of sp³-hybridized carbons (Fsp3) is 0.528. The molecule has 3 aromatic rings. The second-order valence-electron chi connectivity index (χ2n) is 13.4. The van der Waals surface area contributed by atoms with Gasteiger partial charge in [0, 0.05) is 28.4 Å². The van der Waals surface area contributed by atoms with Gasteiger partial charge >= 0.3 is 5.97 Å². The Balaban J connectivity index is 0.000000452. The molecule has 3 N–H and O–H groups in total. The van der Waals surface area contributed by atoms with Crippen LogP contribution in [0.25, 0.3) is 11.3 Å². The number of thiazole rings is 1. The van der Waals surface area contributed by atoms with E-state index in [4.69, 9.17) is 4.74 Å². The average molecular weight is 716 g/mol. The molecule has 2 fully saturated rings. The predicted molar refractivity (Wildman–Crippen MR) is 190 cm³/mol. The van der Waals surface area contributed by atoms with Crippen molar-refractivity contribution in [1.82, 2.24) is 25.4 Å². The van der Waals surface area contributed by atoms with Gasteiger partial charge in [-0.1, -0.05) is 0 Å². The number of benzene rings is 2. The predicted octanol–water partition coefficient (Wildman–Crippen LogP) is 5.42. The normalized spacial score (nSPS) is 17.4. The van der Waals surface area contributed by atoms with Crippen LogP contribution in [0.4, 0.5) is 8.78 Å². The van der Waals surface area contributed by atoms with Crippen LogP contribution >= 0.6 is 24.0 Å². The molecule has 0 bridgehead atoms. The molecule has 49 heavy (non-hydrogen) atoms. The summed E-state index contributed by atoms with van der Waals surface area (Å²) in [6, 6.07) is 8.62. The lowest BCUT2D eigenvalue weighted by Gasteiger charge is -2.28. The zero-order chi connectivity index (χ0) is 35.0. The molecule has 6 rings (SSSR count). The van der Waals surface area contributed by atoms with Crippen molar-refractivity contribution in [2.24, 2.45) is 5.41 Å². The first-order valence-electron chi connectivity index (χ1n) is 17.0. The average Bonchev–Trinajstić information content (AvgIpc) is 3.84. The molecule has 0 radical (unpaired) electrons. The summed E-state index contributed by atoms with van der Waals surface area (Å²) in [5, 5.41) is 18.2. The summed E-state index contributed by atoms with van der Waals surface area (Å²) in [7, 11) is 4.33. The van der Waals surface area contributed by atoms with Gasteiger partial charge < -0.3 is 30.3 Å². The maximum absolute atomic E-state index is 13.8. The largest absolute Gasteiger partial charge is 0.492 e. The van der Waals surface area contributed by atoms with Gasteiger partial charge in [0.1, 0.15) is 10.8 Å². The van der Waals surface area contributed by atoms with Crippen molar-refractivity contribution in [3.05, 3.63) is 63.5 Å². The van der Waals surface area contributed by atoms with E-state index in [2.05, 4.69) is 52.1 Å². The van der Waals surface area contributed by atoms with Crippen LogP contribution in [0, 0.1) is 17.0 Å². The second kappa shape index (κ2) is 17.2. The number of halogens is 2. The number of carbonyl (C=O) groups is 2. The Labute approximate surface area is 296 Å². The van der Waals surface area contributed by atoms with Crippen molar-refractivity contribution < 1.29 is 28.2 Å². The van der Waals surface area contributed by atoms with E-state index in [-0.39, 0.29) is 19.4 Å². The maximum atomic E-state index is 13.8. The highest BCUT2D eigenvalue weighted by atomic mass is 32.1. The van der Waals surface area contributed by atoms with Crippen LogP contribution in [0.15, 0.2) is 40.6 Å². The van der Waals surface area contributed by atoms with E-state index in [0.717, 1.165) is 48.1 Å². The van der Waals surface area contributed by atoms with Crippen molar-refractivity contribution in [3.63, 3.8) is 0 Å². The van der Waals surface area contributed by atoms with Crippen molar-refractivity contribution in [2.45, 2.75) is 68.8 Å². The van der Waals surface area contributed by atoms with Crippen LogP contribution in [0.3, 0.4) is 0 Å². The second-order valence-corrected chi connectivity index (χ2v) is 14.9. The number of nitrogens with zero attached hydrogens (tertiary/aromatic N) is 3. The quantitative estimate of drug-likeness (QED) is 0.146. The SMILES string of the molecule is CN(C)C1CCNCC1.O=C(O)CC1(C(=O)NCc2nc(-c3ccc(OCCCN4CCCC4)c(S)c3)cs2)Cc2cc(F)c(F)cc2C1. The summed E-state index contributed by atoms with van der Waals surface area (Å²) in [5.41, 5.74) is 1.17. The number of aromatic nitrogens is 1. The molecule has 0 atom stereocenters. The molecular formula is C36H47F2N5O4S2. The molecule has 0 unspecified atom stereocenters. The van der Waals surface area contributed by atoms with Crippen LogP contribution in [-0.4, -0.2) is 91.2 Å². The Kier molecular flexibility index (Phi) is 13.1. The fourth-order valence-electron chi connectivity index (χ4n) is 6.87. The topological polar surface area (TPSA) is 107 Å². The highest BCUT2D eigenvalue weighted by molar-refractivity contribution is 7.80. The Morgan fingerprint density at radius 2 is 1.80 bits per heavy atom. The highest BCUT2D eigenvalue weighted by Gasteiger charge is 2.46. The lowest BCUT2D eigenvalue weighted by molar-refractivity contribution is -0.145. The molecule has 0 saturated carbocycles. The Hall–Kier alpha value is -3.10. The Morgan fingerprint density at radius 1 is 1.12 bits per heavy atom. The number of ether oxygens (including phenoxy) is 1. The van der Waals surface area contributed by atoms with Gasteiger partial charge in [0.25, 0.3) is 0 Å². The number of carbonyl (C=O) groups excluding carboxylic acids is 1. The van der Waals surface area contributed by atoms with E-state index in [0.29, 0.717) is 27.6 Å². The molecule has 2 saturated heterocycles. The molecule has 2 aliphatic heterocycles. The van der Waals surface area contributed by atoms with E-state index >= 15 is 0 Å². The number of hydrogen-bond acceptors (Lipinski definition) is 9. The monoisotopic (exact) mass is 715 g/mol. The minimum absolute atomic E-state index is 0.0260. The number of thiol groups is 1. The maximum Gasteiger partial charge on any atom is 0.304 e. The summed E-state index contributed by atoms with van der Waals surface area (Å²) < 4.78 is 33.4. The van der Waals surface area contributed by atoms with Crippen LogP contribution in [0.2, 0.25) is 0 Å². The van der Waals surface area contributed by atoms with Crippen LogP contribution in [0.5, 0.6) is 5.75 Å². The summed E-state index contributed by atoms with van der Waals surface area (Å²) >= 11 is 5.96. The van der Waals surface area contributed by atoms with Gasteiger partial charge in [-0.2, -0.15) is 0 Å². The third-order valence-corrected chi connectivity index (χ3v) is 10.8. The standard InChI is InChI=1S/C29H31F2N3O4S2.C7H16N2/c30-21-10-19-13-29(15-27(35)36,14-20(19)11-22(21)31)28(37)32-16-26-33-23(17-40-26)18-4-5-24(25(39)12-18)38-9-3-8-34-6-1-2-7-34;1-9(2)7-3-5-8-6-4-7/h4-5,10-12,17,39H,1-3,6-9,13-16H2,(H,32,37)(H,35,36);7-8H,3-6H2,1-2H3. The molecule has 3 heterocycles. The number of aliphatic carboxylic acids is 1. The number of likely N-dealkylation sites (tertiary alicyclic amines) is 1. The molecule has 13 heteroatoms. The van der Waals surface area contributed by atoms with Crippen molar-refractivity contribution in [2.75, 3.05) is 53.4 Å². The van der Waals surface area contributed by atoms with Gasteiger partial charge in [0.2, 0.25) is 5.91 Å². The Bertz CT molecular complexity index is 1560. The molecule has 0 spiro atoms. The first-order chi connectivity index (χ1) is 23.5. The Morgan fingerprint density at radius 3 is 2.39 bits per heavy atom. The van der Waals surface area contributed by atoms with E-state index in [1.54, 1.807) is 0 Å². The molecule has 1 aliphatic carbocycles. The van der Waals surface area contributed by atoms with Gasteiger partial charge in [0.15, 0.2) is 11.6 Å². The van der Waals surface area contributed by atoms with Crippen molar-refractivity contribution in [3.8, 4) is 17.0 Å². The molecule has 1 aromatic heterocycles. The lowest BCUT2D eigenvalue weighted by Crippen LogP contribution is -2.43. The molecule has 1 amide bonds. The third-order valence-electron chi connectivity index (χ3n) is 9.59. The molecule has 9 nitrogen and oxygen atoms in total. The summed E-state index contributed by atoms with van der Waals surface area (Å²) in [4.78, 5) is 35.0. The fourth-order valence-corrected chi connectivity index (χ4v) is 7.89. The number of piperidine rings is 1.